The molecule has 1 aromatic carbocycles. The molecule has 0 bridgehead atoms. The normalized spacial score (nSPS) is 10.2. The second-order valence-corrected chi connectivity index (χ2v) is 4.27. The van der Waals surface area contributed by atoms with Gasteiger partial charge in [0.1, 0.15) is 0 Å². The number of carbonyl (C=O) groups excluding carboxylic acids is 1. The number of rotatable bonds is 8. The third-order valence-corrected chi connectivity index (χ3v) is 2.82. The van der Waals surface area contributed by atoms with Gasteiger partial charge in [-0.05, 0) is 37.5 Å². The van der Waals surface area contributed by atoms with Crippen LogP contribution in [0.2, 0.25) is 0 Å². The molecule has 1 rings (SSSR count). The standard InChI is InChI=1S/C14H22N2O3/c1-18-9-5-3-4-8-16-13-10-11(14(17)19-2)6-7-12(13)15/h6-7,10,16H,3-5,8-9,15H2,1-2H3. The van der Waals surface area contributed by atoms with Crippen molar-refractivity contribution < 1.29 is 14.3 Å². The minimum absolute atomic E-state index is 0.358. The number of anilines is 2. The fourth-order valence-corrected chi connectivity index (χ4v) is 1.73. The van der Waals surface area contributed by atoms with Crippen molar-refractivity contribution in [1.82, 2.24) is 0 Å². The van der Waals surface area contributed by atoms with E-state index in [0.29, 0.717) is 11.3 Å². The lowest BCUT2D eigenvalue weighted by Gasteiger charge is -2.10. The first-order chi connectivity index (χ1) is 9.19. The first-order valence-corrected chi connectivity index (χ1v) is 6.39. The zero-order chi connectivity index (χ0) is 14.1. The number of ether oxygens (including phenoxy) is 2. The van der Waals surface area contributed by atoms with E-state index < -0.39 is 0 Å². The van der Waals surface area contributed by atoms with Crippen LogP contribution in [-0.4, -0.2) is 33.3 Å². The molecule has 0 atom stereocenters. The van der Waals surface area contributed by atoms with Crippen molar-refractivity contribution in [3.63, 3.8) is 0 Å². The predicted octanol–water partition coefficient (Wildman–Crippen LogP) is 2.28. The Bertz CT molecular complexity index is 408. The predicted molar refractivity (Wildman–Crippen MR) is 76.4 cm³/mol. The van der Waals surface area contributed by atoms with E-state index in [1.807, 2.05) is 0 Å². The summed E-state index contributed by atoms with van der Waals surface area (Å²) in [5, 5.41) is 3.24. The van der Waals surface area contributed by atoms with E-state index in [1.54, 1.807) is 25.3 Å². The molecular formula is C14H22N2O3. The topological polar surface area (TPSA) is 73.6 Å². The first kappa shape index (κ1) is 15.3. The van der Waals surface area contributed by atoms with Crippen molar-refractivity contribution in [2.75, 3.05) is 38.4 Å². The number of benzene rings is 1. The Kier molecular flexibility index (Phi) is 6.74. The minimum Gasteiger partial charge on any atom is -0.465 e. The summed E-state index contributed by atoms with van der Waals surface area (Å²) in [7, 11) is 3.07. The van der Waals surface area contributed by atoms with E-state index in [1.165, 1.54) is 7.11 Å². The molecule has 0 aliphatic rings. The van der Waals surface area contributed by atoms with Crippen LogP contribution < -0.4 is 11.1 Å². The van der Waals surface area contributed by atoms with Crippen LogP contribution in [0.15, 0.2) is 18.2 Å². The quantitative estimate of drug-likeness (QED) is 0.429. The van der Waals surface area contributed by atoms with E-state index in [2.05, 4.69) is 10.1 Å². The molecule has 0 saturated heterocycles. The Morgan fingerprint density at radius 3 is 2.74 bits per heavy atom. The van der Waals surface area contributed by atoms with Gasteiger partial charge in [0.25, 0.3) is 0 Å². The molecule has 0 fully saturated rings. The van der Waals surface area contributed by atoms with Gasteiger partial charge in [-0.1, -0.05) is 0 Å². The van der Waals surface area contributed by atoms with Crippen molar-refractivity contribution >= 4 is 17.3 Å². The first-order valence-electron chi connectivity index (χ1n) is 6.39. The number of unbranched alkanes of at least 4 members (excludes halogenated alkanes) is 2. The van der Waals surface area contributed by atoms with Gasteiger partial charge in [-0.15, -0.1) is 0 Å². The molecule has 0 aliphatic heterocycles. The van der Waals surface area contributed by atoms with Crippen LogP contribution in [0.3, 0.4) is 0 Å². The fraction of sp³-hybridized carbons (Fsp3) is 0.500. The Morgan fingerprint density at radius 1 is 1.26 bits per heavy atom. The van der Waals surface area contributed by atoms with E-state index >= 15 is 0 Å². The van der Waals surface area contributed by atoms with Gasteiger partial charge in [0.2, 0.25) is 0 Å². The van der Waals surface area contributed by atoms with Gasteiger partial charge in [-0.2, -0.15) is 0 Å². The smallest absolute Gasteiger partial charge is 0.337 e. The molecule has 1 aromatic rings. The third-order valence-electron chi connectivity index (χ3n) is 2.82. The van der Waals surface area contributed by atoms with E-state index in [4.69, 9.17) is 10.5 Å². The SMILES string of the molecule is COCCCCCNc1cc(C(=O)OC)ccc1N. The highest BCUT2D eigenvalue weighted by molar-refractivity contribution is 5.91. The van der Waals surface area contributed by atoms with E-state index in [-0.39, 0.29) is 5.97 Å². The highest BCUT2D eigenvalue weighted by atomic mass is 16.5. The van der Waals surface area contributed by atoms with Crippen molar-refractivity contribution in [2.45, 2.75) is 19.3 Å². The molecule has 0 saturated carbocycles. The van der Waals surface area contributed by atoms with Gasteiger partial charge in [-0.3, -0.25) is 0 Å². The van der Waals surface area contributed by atoms with E-state index in [9.17, 15) is 4.79 Å². The fourth-order valence-electron chi connectivity index (χ4n) is 1.73. The van der Waals surface area contributed by atoms with Crippen molar-refractivity contribution in [1.29, 1.82) is 0 Å². The maximum absolute atomic E-state index is 11.4. The van der Waals surface area contributed by atoms with Crippen LogP contribution in [0.1, 0.15) is 29.6 Å². The Morgan fingerprint density at radius 2 is 2.05 bits per heavy atom. The molecule has 0 radical (unpaired) electrons. The van der Waals surface area contributed by atoms with Gasteiger partial charge >= 0.3 is 5.97 Å². The molecule has 19 heavy (non-hydrogen) atoms. The molecule has 0 spiro atoms. The highest BCUT2D eigenvalue weighted by Gasteiger charge is 2.07. The lowest BCUT2D eigenvalue weighted by Crippen LogP contribution is -2.07. The number of esters is 1. The summed E-state index contributed by atoms with van der Waals surface area (Å²) in [6.07, 6.45) is 3.18. The van der Waals surface area contributed by atoms with Crippen LogP contribution >= 0.6 is 0 Å². The summed E-state index contributed by atoms with van der Waals surface area (Å²) in [4.78, 5) is 11.4. The summed E-state index contributed by atoms with van der Waals surface area (Å²) in [5.74, 6) is -0.358. The lowest BCUT2D eigenvalue weighted by molar-refractivity contribution is 0.0601. The number of hydrogen-bond acceptors (Lipinski definition) is 5. The summed E-state index contributed by atoms with van der Waals surface area (Å²) in [5.41, 5.74) is 7.76. The molecule has 5 heteroatoms. The Labute approximate surface area is 114 Å². The summed E-state index contributed by atoms with van der Waals surface area (Å²) >= 11 is 0. The van der Waals surface area contributed by atoms with Crippen LogP contribution in [0.25, 0.3) is 0 Å². The van der Waals surface area contributed by atoms with Crippen molar-refractivity contribution in [3.8, 4) is 0 Å². The van der Waals surface area contributed by atoms with Crippen LogP contribution in [0, 0.1) is 0 Å². The Balaban J connectivity index is 2.46. The molecule has 106 valence electrons. The number of nitrogens with one attached hydrogen (secondary N) is 1. The third kappa shape index (κ3) is 5.18. The largest absolute Gasteiger partial charge is 0.465 e. The Hall–Kier alpha value is -1.75. The molecule has 0 amide bonds. The summed E-state index contributed by atoms with van der Waals surface area (Å²) < 4.78 is 9.67. The van der Waals surface area contributed by atoms with Gasteiger partial charge in [-0.25, -0.2) is 4.79 Å². The number of carbonyl (C=O) groups is 1. The van der Waals surface area contributed by atoms with Gasteiger partial charge in [0, 0.05) is 20.3 Å². The number of hydrogen-bond donors (Lipinski definition) is 2. The molecule has 0 aromatic heterocycles. The number of methoxy groups -OCH3 is 2. The van der Waals surface area contributed by atoms with Crippen LogP contribution in [-0.2, 0) is 9.47 Å². The minimum atomic E-state index is -0.358. The molecule has 0 heterocycles. The second-order valence-electron chi connectivity index (χ2n) is 4.27. The molecule has 5 nitrogen and oxygen atoms in total. The zero-order valence-electron chi connectivity index (χ0n) is 11.6. The van der Waals surface area contributed by atoms with Gasteiger partial charge < -0.3 is 20.5 Å². The number of nitrogens with two attached hydrogens (primary N) is 1. The van der Waals surface area contributed by atoms with E-state index in [0.717, 1.165) is 38.1 Å². The average Bonchev–Trinajstić information content (AvgIpc) is 2.43. The maximum atomic E-state index is 11.4. The molecule has 3 N–H and O–H groups in total. The number of nitrogen functional groups attached to an aromatic ring is 1. The average molecular weight is 266 g/mol. The summed E-state index contributed by atoms with van der Waals surface area (Å²) in [6.45, 7) is 1.61. The van der Waals surface area contributed by atoms with Gasteiger partial charge in [0.15, 0.2) is 0 Å². The zero-order valence-corrected chi connectivity index (χ0v) is 11.6. The lowest BCUT2D eigenvalue weighted by atomic mass is 10.1. The molecule has 0 aliphatic carbocycles. The monoisotopic (exact) mass is 266 g/mol. The van der Waals surface area contributed by atoms with Crippen LogP contribution in [0.5, 0.6) is 0 Å². The maximum Gasteiger partial charge on any atom is 0.337 e. The molecule has 0 unspecified atom stereocenters. The highest BCUT2D eigenvalue weighted by Crippen LogP contribution is 2.20. The molecular weight excluding hydrogens is 244 g/mol. The summed E-state index contributed by atoms with van der Waals surface area (Å²) in [6, 6.07) is 5.08. The second kappa shape index (κ2) is 8.37. The van der Waals surface area contributed by atoms with Crippen molar-refractivity contribution in [3.05, 3.63) is 23.8 Å². The van der Waals surface area contributed by atoms with Crippen LogP contribution in [0.4, 0.5) is 11.4 Å². The van der Waals surface area contributed by atoms with Crippen molar-refractivity contribution in [2.24, 2.45) is 0 Å². The van der Waals surface area contributed by atoms with Gasteiger partial charge in [0.05, 0.1) is 24.0 Å².